The molecule has 8 fully saturated rings. The molecule has 8 aliphatic carbocycles. The molecular weight excluding hydrogens is 1640 g/mol. The van der Waals surface area contributed by atoms with Crippen LogP contribution >= 0.6 is 0 Å². The lowest BCUT2D eigenvalue weighted by Gasteiger charge is -2.62. The van der Waals surface area contributed by atoms with E-state index in [2.05, 4.69) is 165 Å². The Kier molecular flexibility index (Phi) is 37.2. The van der Waals surface area contributed by atoms with Gasteiger partial charge in [0.2, 0.25) is 6.10 Å². The molecule has 0 amide bonds. The summed E-state index contributed by atoms with van der Waals surface area (Å²) in [5.41, 5.74) is -2.23. The van der Waals surface area contributed by atoms with Gasteiger partial charge in [0, 0.05) is 52.5 Å². The summed E-state index contributed by atoms with van der Waals surface area (Å²) in [6, 6.07) is 21.1. The molecule has 0 aromatic heterocycles. The van der Waals surface area contributed by atoms with E-state index in [-0.39, 0.29) is 55.9 Å². The minimum atomic E-state index is -6.77. The average molecular weight is 1750 g/mol. The van der Waals surface area contributed by atoms with Gasteiger partial charge >= 0.3 is 58.9 Å². The molecule has 0 aliphatic heterocycles. The van der Waals surface area contributed by atoms with Crippen LogP contribution in [0.2, 0.25) is 0 Å². The van der Waals surface area contributed by atoms with Crippen molar-refractivity contribution in [3.63, 3.8) is 0 Å². The van der Waals surface area contributed by atoms with Crippen LogP contribution in [0.15, 0.2) is 98.1 Å². The Balaban J connectivity index is 0.000000383. The van der Waals surface area contributed by atoms with Gasteiger partial charge in [0.15, 0.2) is 20.2 Å². The number of ether oxygens (including phenoxy) is 5. The van der Waals surface area contributed by atoms with Gasteiger partial charge < -0.3 is 50.8 Å². The number of benzene rings is 2. The van der Waals surface area contributed by atoms with Crippen molar-refractivity contribution >= 4 is 60.2 Å². The fourth-order valence-electron chi connectivity index (χ4n) is 16.6. The van der Waals surface area contributed by atoms with E-state index in [0.29, 0.717) is 31.8 Å². The van der Waals surface area contributed by atoms with E-state index < -0.39 is 159 Å². The third-order valence-corrected chi connectivity index (χ3v) is 24.5. The lowest BCUT2D eigenvalue weighted by Crippen LogP contribution is -2.64. The number of carbonyl (C=O) groups is 5. The van der Waals surface area contributed by atoms with E-state index in [4.69, 9.17) is 9.47 Å². The smallest absolute Gasteiger partial charge is 0.432 e. The molecule has 670 valence electrons. The van der Waals surface area contributed by atoms with Gasteiger partial charge in [-0.2, -0.15) is 57.1 Å². The van der Waals surface area contributed by atoms with Crippen molar-refractivity contribution in [2.75, 3.05) is 74.2 Å². The molecule has 2 aromatic carbocycles. The highest BCUT2D eigenvalue weighted by atomic mass is 32.2. The number of rotatable bonds is 32. The van der Waals surface area contributed by atoms with Crippen LogP contribution in [0.3, 0.4) is 0 Å². The fraction of sp³-hybridized carbons (Fsp3) is 0.709. The molecule has 8 bridgehead atoms. The Bertz CT molecular complexity index is 3870. The molecule has 7 atom stereocenters. The normalized spacial score (nSPS) is 25.0. The average Bonchev–Trinajstić information content (AvgIpc) is 0.710. The van der Waals surface area contributed by atoms with E-state index in [1.807, 2.05) is 0 Å². The summed E-state index contributed by atoms with van der Waals surface area (Å²) in [6.07, 6.45) is -14.6. The van der Waals surface area contributed by atoms with Crippen LogP contribution in [0, 0.1) is 46.3 Å². The highest BCUT2D eigenvalue weighted by molar-refractivity contribution is 7.87. The number of alkyl halides is 13. The first kappa shape index (κ1) is 105. The number of hydrogen-bond acceptors (Lipinski definition) is 19. The lowest BCUT2D eigenvalue weighted by molar-refractivity contribution is -0.929. The summed E-state index contributed by atoms with van der Waals surface area (Å²) in [5, 5.41) is -11.8. The summed E-state index contributed by atoms with van der Waals surface area (Å²) < 4.78 is 291. The lowest BCUT2D eigenvalue weighted by atomic mass is 9.45. The first-order valence-electron chi connectivity index (χ1n) is 38.6. The van der Waals surface area contributed by atoms with Crippen molar-refractivity contribution in [3.05, 3.63) is 109 Å². The van der Waals surface area contributed by atoms with Crippen molar-refractivity contribution < 1.29 is 157 Å². The Morgan fingerprint density at radius 3 is 1.03 bits per heavy atom. The maximum atomic E-state index is 13.8. The molecule has 22 nitrogen and oxygen atoms in total. The number of esters is 5. The predicted molar refractivity (Wildman–Crippen MR) is 404 cm³/mol. The minimum Gasteiger partial charge on any atom is -0.748 e. The second-order valence-electron chi connectivity index (χ2n) is 34.0. The van der Waals surface area contributed by atoms with E-state index >= 15 is 0 Å². The van der Waals surface area contributed by atoms with Gasteiger partial charge in [0.05, 0.1) is 95.2 Å². The van der Waals surface area contributed by atoms with Crippen molar-refractivity contribution in [1.82, 2.24) is 0 Å². The monoisotopic (exact) mass is 1750 g/mol. The maximum Gasteiger partial charge on any atom is 0.432 e. The number of quaternary nitrogens is 3. The number of unbranched alkanes of at least 4 members (excludes halogenated alkanes) is 4. The van der Waals surface area contributed by atoms with Crippen molar-refractivity contribution in [1.29, 1.82) is 0 Å². The zero-order valence-corrected chi connectivity index (χ0v) is 71.1. The number of carbonyl (C=O) groups excluding carboxylic acids is 5. The van der Waals surface area contributed by atoms with Crippen molar-refractivity contribution in [2.24, 2.45) is 46.3 Å². The van der Waals surface area contributed by atoms with Crippen molar-refractivity contribution in [3.8, 4) is 0 Å². The number of hydrogen-bond donors (Lipinski definition) is 0. The van der Waals surface area contributed by atoms with Crippen LogP contribution in [-0.2, 0) is 91.1 Å². The first-order valence-corrected chi connectivity index (χ1v) is 43.0. The Hall–Kier alpha value is -6.29. The molecule has 8 aliphatic rings. The SMILES string of the molecule is C=C(C)C(=O)OC1(C)C2CC3CC1CC(C(=O)OC(C(F)(F)F)C(F)(F)S(=O)(=O)[O-])(C3)C2.C=CC(=O)OC(CS(=O)(=O)[O-])C(F)(F)F.C=CC(=O)OC1(C)C2CC3CC1CC(C(=O)OC(C(F)(F)F)C(F)(F)S(=O)(=O)[O-])(C3)C2.CCCC[N+](CCCC)(CCCC)CCCC.C[N+](C)(C)Cc1ccccc1.C[N+](C)(C)Cc1ccccc1. The third kappa shape index (κ3) is 30.4. The summed E-state index contributed by atoms with van der Waals surface area (Å²) in [5.74, 6) is -9.97. The molecule has 38 heteroatoms. The number of halogens is 13. The van der Waals surface area contributed by atoms with Gasteiger partial charge in [-0.3, -0.25) is 9.59 Å². The Morgan fingerprint density at radius 2 is 0.786 bits per heavy atom. The third-order valence-electron chi connectivity index (χ3n) is 22.0. The van der Waals surface area contributed by atoms with Crippen molar-refractivity contribution in [2.45, 2.75) is 236 Å². The topological polar surface area (TPSA) is 303 Å². The summed E-state index contributed by atoms with van der Waals surface area (Å²) in [6.45, 7) is 31.6. The molecule has 0 saturated heterocycles. The molecular formula is C79H116F13N3O19S3. The van der Waals surface area contributed by atoms with Crippen LogP contribution in [0.5, 0.6) is 0 Å². The molecule has 0 N–H and O–H groups in total. The highest BCUT2D eigenvalue weighted by Crippen LogP contribution is 2.67. The first-order chi connectivity index (χ1) is 53.3. The van der Waals surface area contributed by atoms with E-state index in [1.165, 1.54) is 100 Å². The molecule has 7 unspecified atom stereocenters. The summed E-state index contributed by atoms with van der Waals surface area (Å²) >= 11 is 0. The van der Waals surface area contributed by atoms with Crippen LogP contribution in [0.1, 0.15) is 175 Å². The Labute approximate surface area is 679 Å². The number of nitrogens with zero attached hydrogens (tertiary/aromatic N) is 3. The minimum absolute atomic E-state index is 0.0730. The second-order valence-corrected chi connectivity index (χ2v) is 38.4. The van der Waals surface area contributed by atoms with Crippen LogP contribution < -0.4 is 0 Å². The summed E-state index contributed by atoms with van der Waals surface area (Å²) in [7, 11) is -5.48. The molecule has 0 heterocycles. The molecule has 8 saturated carbocycles. The van der Waals surface area contributed by atoms with Gasteiger partial charge in [-0.15, -0.1) is 0 Å². The Morgan fingerprint density at radius 1 is 0.487 bits per heavy atom. The van der Waals surface area contributed by atoms with Gasteiger partial charge in [0.1, 0.15) is 24.3 Å². The zero-order valence-electron chi connectivity index (χ0n) is 68.7. The molecule has 0 radical (unpaired) electrons. The quantitative estimate of drug-likeness (QED) is 0.0164. The zero-order chi connectivity index (χ0) is 90.0. The fourth-order valence-corrected chi connectivity index (χ4v) is 18.1. The summed E-state index contributed by atoms with van der Waals surface area (Å²) in [4.78, 5) is 59.8. The molecule has 10 rings (SSSR count). The van der Waals surface area contributed by atoms with Crippen LogP contribution in [0.4, 0.5) is 57.1 Å². The largest absolute Gasteiger partial charge is 0.748 e. The predicted octanol–water partition coefficient (Wildman–Crippen LogP) is 15.2. The van der Waals surface area contributed by atoms with Gasteiger partial charge in [-0.05, 0) is 122 Å². The van der Waals surface area contributed by atoms with E-state index in [0.717, 1.165) is 28.1 Å². The van der Waals surface area contributed by atoms with Gasteiger partial charge in [-0.25, -0.2) is 39.6 Å². The molecule has 117 heavy (non-hydrogen) atoms. The molecule has 0 spiro atoms. The maximum absolute atomic E-state index is 13.8. The standard InChI is InChI=1S/C19H23F5O7S.C18H21F5O7S.C16H36N.2C10H16N.C6H7F3O5S/c1-9(2)13(25)31-16(3)11-4-10-5-12(16)8-17(6-10,7-11)15(26)30-14(18(20,21)22)19(23,24)32(27,28)29;1-3-12(24)30-15(2)10-4-9-5-11(15)8-16(6-9,7-10)14(25)29-13(17(19,20)21)18(22,23)31(26,27)28;1-5-9-13-17(14-10-6-2,15-11-7-3)16-12-8-4;2*1-11(2,3)9-10-7-5-4-6-8-10;1-2-5(10)14-4(6(7,8)9)3-15(11,12)13/h10-12,14H,1,4-8H2,2-3H3,(H,27,28,29);3,9-11,13H,1,4-8H2,2H3,(H,26,27,28);5-16H2,1-4H3;2*4-8H,9H2,1-3H3;2,4H,1,3H2,(H,11,12,13)/q;;3*+1;/p-3. The highest BCUT2D eigenvalue weighted by Gasteiger charge is 2.71. The van der Waals surface area contributed by atoms with Gasteiger partial charge in [-0.1, -0.05) is 134 Å². The van der Waals surface area contributed by atoms with Gasteiger partial charge in [0.25, 0.3) is 12.2 Å². The molecule has 2 aromatic rings. The van der Waals surface area contributed by atoms with E-state index in [1.54, 1.807) is 13.8 Å². The van der Waals surface area contributed by atoms with Crippen LogP contribution in [0.25, 0.3) is 0 Å². The second kappa shape index (κ2) is 41.5. The van der Waals surface area contributed by atoms with Crippen LogP contribution in [-0.4, -0.2) is 215 Å². The van der Waals surface area contributed by atoms with E-state index in [9.17, 15) is 120 Å².